The first-order valence-electron chi connectivity index (χ1n) is 5.95. The van der Waals surface area contributed by atoms with Gasteiger partial charge in [-0.25, -0.2) is 9.03 Å². The van der Waals surface area contributed by atoms with E-state index in [-0.39, 0.29) is 23.8 Å². The van der Waals surface area contributed by atoms with E-state index in [4.69, 9.17) is 0 Å². The summed E-state index contributed by atoms with van der Waals surface area (Å²) in [6, 6.07) is 4.32. The van der Waals surface area contributed by atoms with E-state index in [2.05, 4.69) is 4.74 Å². The summed E-state index contributed by atoms with van der Waals surface area (Å²) in [7, 11) is -2.66. The Labute approximate surface area is 121 Å². The van der Waals surface area contributed by atoms with Crippen LogP contribution in [0.5, 0.6) is 5.75 Å². The van der Waals surface area contributed by atoms with Crippen molar-refractivity contribution in [2.24, 2.45) is 0 Å². The Bertz CT molecular complexity index is 698. The van der Waals surface area contributed by atoms with E-state index in [0.29, 0.717) is 12.0 Å². The molecule has 0 radical (unpaired) electrons. The molecule has 1 heterocycles. The molecule has 1 aliphatic heterocycles. The second kappa shape index (κ2) is 5.52. The zero-order valence-electron chi connectivity index (χ0n) is 11.1. The average Bonchev–Trinajstić information content (AvgIpc) is 2.69. The van der Waals surface area contributed by atoms with Crippen molar-refractivity contribution in [2.45, 2.75) is 12.8 Å². The fourth-order valence-electron chi connectivity index (χ4n) is 1.85. The molecule has 1 aromatic rings. The van der Waals surface area contributed by atoms with Crippen molar-refractivity contribution in [1.29, 1.82) is 0 Å². The lowest BCUT2D eigenvalue weighted by atomic mass is 10.1. The third-order valence-electron chi connectivity index (χ3n) is 2.85. The lowest BCUT2D eigenvalue weighted by Crippen LogP contribution is -2.29. The maximum atomic E-state index is 11.7. The predicted molar refractivity (Wildman–Crippen MR) is 73.7 cm³/mol. The molecule has 0 bridgehead atoms. The summed E-state index contributed by atoms with van der Waals surface area (Å²) in [5, 5.41) is 19.1. The molecule has 2 rings (SSSR count). The quantitative estimate of drug-likeness (QED) is 0.697. The second-order valence-corrected chi connectivity index (χ2v) is 5.86. The number of aryl methyl sites for hydroxylation is 1. The monoisotopic (exact) mass is 314 g/mol. The number of anilines is 1. The number of phenolic OH excluding ortho intramolecular Hbond substituents is 1. The first-order chi connectivity index (χ1) is 9.83. The van der Waals surface area contributed by atoms with E-state index < -0.39 is 16.1 Å². The van der Waals surface area contributed by atoms with E-state index in [0.717, 1.165) is 10.5 Å². The number of ether oxygens (including phenoxy) is 1. The van der Waals surface area contributed by atoms with E-state index in [9.17, 15) is 23.4 Å². The number of aromatic hydroxyl groups is 1. The molecular weight excluding hydrogens is 300 g/mol. The third-order valence-corrected chi connectivity index (χ3v) is 4.14. The number of nitrogens with zero attached hydrogens (tertiary/aromatic N) is 1. The second-order valence-electron chi connectivity index (χ2n) is 4.32. The van der Waals surface area contributed by atoms with Crippen molar-refractivity contribution < 1.29 is 28.2 Å². The van der Waals surface area contributed by atoms with E-state index >= 15 is 0 Å². The molecule has 21 heavy (non-hydrogen) atoms. The number of aliphatic hydroxyl groups is 1. The van der Waals surface area contributed by atoms with Gasteiger partial charge in [-0.05, 0) is 24.1 Å². The lowest BCUT2D eigenvalue weighted by molar-refractivity contribution is -0.140. The minimum atomic E-state index is -3.95. The number of hydrogen-bond donors (Lipinski definition) is 3. The minimum absolute atomic E-state index is 0.00614. The Morgan fingerprint density at radius 3 is 2.62 bits per heavy atom. The van der Waals surface area contributed by atoms with Gasteiger partial charge >= 0.3 is 16.2 Å². The Morgan fingerprint density at radius 2 is 2.10 bits per heavy atom. The highest BCUT2D eigenvalue weighted by atomic mass is 32.2. The number of carbonyl (C=O) groups is 1. The van der Waals surface area contributed by atoms with E-state index in [1.807, 2.05) is 4.72 Å². The first kappa shape index (κ1) is 15.0. The highest BCUT2D eigenvalue weighted by Crippen LogP contribution is 2.32. The highest BCUT2D eigenvalue weighted by Gasteiger charge is 2.30. The summed E-state index contributed by atoms with van der Waals surface area (Å²) in [6.45, 7) is 0. The van der Waals surface area contributed by atoms with Crippen LogP contribution in [0.1, 0.15) is 12.0 Å². The number of aliphatic hydroxyl groups excluding tert-OH is 1. The Hall–Kier alpha value is -2.42. The van der Waals surface area contributed by atoms with Crippen LogP contribution in [0.4, 0.5) is 5.69 Å². The summed E-state index contributed by atoms with van der Waals surface area (Å²) in [5.41, 5.74) is 0.646. The van der Waals surface area contributed by atoms with Crippen LogP contribution in [0.2, 0.25) is 0 Å². The molecule has 1 aromatic carbocycles. The van der Waals surface area contributed by atoms with E-state index in [1.54, 1.807) is 6.07 Å². The molecule has 9 heteroatoms. The Morgan fingerprint density at radius 1 is 1.38 bits per heavy atom. The van der Waals surface area contributed by atoms with Gasteiger partial charge in [-0.1, -0.05) is 6.07 Å². The summed E-state index contributed by atoms with van der Waals surface area (Å²) < 4.78 is 30.5. The molecule has 1 aliphatic rings. The Kier molecular flexibility index (Phi) is 3.94. The molecular formula is C12H14N2O6S. The van der Waals surface area contributed by atoms with Gasteiger partial charge in [0.15, 0.2) is 0 Å². The highest BCUT2D eigenvalue weighted by molar-refractivity contribution is 7.91. The topological polar surface area (TPSA) is 116 Å². The molecule has 0 aliphatic carbocycles. The van der Waals surface area contributed by atoms with Crippen molar-refractivity contribution in [3.63, 3.8) is 0 Å². The summed E-state index contributed by atoms with van der Waals surface area (Å²) in [6.07, 6.45) is 1.45. The van der Waals surface area contributed by atoms with Gasteiger partial charge in [-0.15, -0.1) is 0 Å². The van der Waals surface area contributed by atoms with Gasteiger partial charge in [-0.2, -0.15) is 8.42 Å². The van der Waals surface area contributed by atoms with Crippen LogP contribution in [0.25, 0.3) is 0 Å². The van der Waals surface area contributed by atoms with Crippen LogP contribution in [0.15, 0.2) is 30.3 Å². The largest absolute Gasteiger partial charge is 0.506 e. The van der Waals surface area contributed by atoms with Crippen molar-refractivity contribution in [1.82, 2.24) is 4.72 Å². The summed E-state index contributed by atoms with van der Waals surface area (Å²) in [5.74, 6) is -1.20. The zero-order valence-corrected chi connectivity index (χ0v) is 11.9. The molecule has 0 spiro atoms. The molecule has 114 valence electrons. The summed E-state index contributed by atoms with van der Waals surface area (Å²) in [4.78, 5) is 11.1. The molecule has 0 amide bonds. The maximum absolute atomic E-state index is 11.7. The molecule has 0 fully saturated rings. The number of rotatable bonds is 4. The maximum Gasteiger partial charge on any atom is 0.330 e. The van der Waals surface area contributed by atoms with E-state index in [1.165, 1.54) is 19.2 Å². The van der Waals surface area contributed by atoms with Gasteiger partial charge in [0, 0.05) is 6.42 Å². The van der Waals surface area contributed by atoms with Gasteiger partial charge in [0.05, 0.1) is 13.3 Å². The zero-order chi connectivity index (χ0) is 15.6. The molecule has 8 nitrogen and oxygen atoms in total. The Balaban J connectivity index is 2.22. The van der Waals surface area contributed by atoms with Crippen LogP contribution in [-0.2, 0) is 26.2 Å². The number of benzene rings is 1. The van der Waals surface area contributed by atoms with Crippen molar-refractivity contribution in [3.05, 3.63) is 35.8 Å². The molecule has 0 saturated carbocycles. The van der Waals surface area contributed by atoms with Crippen molar-refractivity contribution in [3.8, 4) is 5.75 Å². The van der Waals surface area contributed by atoms with Crippen LogP contribution < -0.4 is 9.03 Å². The van der Waals surface area contributed by atoms with Gasteiger partial charge in [0.25, 0.3) is 0 Å². The smallest absolute Gasteiger partial charge is 0.330 e. The standard InChI is InChI=1S/C12H14N2O6S/c1-20-12(17)5-3-8-2-4-9(10(15)6-8)14-7-11(16)13-21(14,18)19/h2,4,6-7,13,15-16H,3,5H2,1H3. The lowest BCUT2D eigenvalue weighted by Gasteiger charge is -2.16. The number of carbonyl (C=O) groups excluding carboxylic acids is 1. The molecule has 0 aromatic heterocycles. The number of esters is 1. The van der Waals surface area contributed by atoms with Crippen LogP contribution in [0, 0.1) is 0 Å². The van der Waals surface area contributed by atoms with Gasteiger partial charge in [0.1, 0.15) is 11.4 Å². The molecule has 0 unspecified atom stereocenters. The van der Waals surface area contributed by atoms with Crippen LogP contribution >= 0.6 is 0 Å². The average molecular weight is 314 g/mol. The summed E-state index contributed by atoms with van der Waals surface area (Å²) >= 11 is 0. The fraction of sp³-hybridized carbons (Fsp3) is 0.250. The molecule has 0 saturated heterocycles. The van der Waals surface area contributed by atoms with Gasteiger partial charge in [-0.3, -0.25) is 4.79 Å². The van der Waals surface area contributed by atoms with Crippen LogP contribution in [-0.4, -0.2) is 31.7 Å². The SMILES string of the molecule is COC(=O)CCc1ccc(N2C=C(O)NS2(=O)=O)c(O)c1. The minimum Gasteiger partial charge on any atom is -0.506 e. The molecule has 3 N–H and O–H groups in total. The van der Waals surface area contributed by atoms with Crippen molar-refractivity contribution in [2.75, 3.05) is 11.4 Å². The van der Waals surface area contributed by atoms with Crippen molar-refractivity contribution >= 4 is 21.9 Å². The first-order valence-corrected chi connectivity index (χ1v) is 7.39. The molecule has 0 atom stereocenters. The number of hydrogen-bond acceptors (Lipinski definition) is 6. The van der Waals surface area contributed by atoms with Gasteiger partial charge < -0.3 is 14.9 Å². The van der Waals surface area contributed by atoms with Crippen LogP contribution in [0.3, 0.4) is 0 Å². The van der Waals surface area contributed by atoms with Gasteiger partial charge in [0.2, 0.25) is 5.88 Å². The normalized spacial score (nSPS) is 16.2. The number of phenols is 1. The third kappa shape index (κ3) is 3.19. The number of nitrogens with one attached hydrogen (secondary N) is 1. The number of methoxy groups -OCH3 is 1. The predicted octanol–water partition coefficient (Wildman–Crippen LogP) is 0.509. The fourth-order valence-corrected chi connectivity index (χ4v) is 2.91.